The van der Waals surface area contributed by atoms with Crippen LogP contribution in [0.15, 0.2) is 66.7 Å². The highest BCUT2D eigenvalue weighted by Crippen LogP contribution is 2.27. The number of benzene rings is 3. The molecule has 0 bridgehead atoms. The SMILES string of the molecule is O=C(COC(=O)c1ccccc1C(=O)c1ccc(Cl)cc1)Nc1cc(Cl)ccc1[N+](=O)[O-]. The molecular formula is C22H14Cl2N2O6. The third-order valence-corrected chi connectivity index (χ3v) is 4.75. The minimum atomic E-state index is -0.904. The van der Waals surface area contributed by atoms with Crippen LogP contribution in [0.2, 0.25) is 10.0 Å². The lowest BCUT2D eigenvalue weighted by molar-refractivity contribution is -0.383. The van der Waals surface area contributed by atoms with Crippen LogP contribution in [0.5, 0.6) is 0 Å². The summed E-state index contributed by atoms with van der Waals surface area (Å²) in [5.74, 6) is -2.14. The molecule has 0 aliphatic rings. The van der Waals surface area contributed by atoms with Gasteiger partial charge in [-0.2, -0.15) is 0 Å². The first kappa shape index (κ1) is 22.9. The molecule has 0 spiro atoms. The highest BCUT2D eigenvalue weighted by molar-refractivity contribution is 6.31. The molecule has 0 aliphatic carbocycles. The van der Waals surface area contributed by atoms with Crippen molar-refractivity contribution in [2.75, 3.05) is 11.9 Å². The van der Waals surface area contributed by atoms with Gasteiger partial charge in [0.15, 0.2) is 12.4 Å². The van der Waals surface area contributed by atoms with Gasteiger partial charge in [-0.25, -0.2) is 4.79 Å². The van der Waals surface area contributed by atoms with Gasteiger partial charge >= 0.3 is 5.97 Å². The van der Waals surface area contributed by atoms with E-state index < -0.39 is 29.2 Å². The summed E-state index contributed by atoms with van der Waals surface area (Å²) in [6.45, 7) is -0.730. The van der Waals surface area contributed by atoms with Crippen molar-refractivity contribution in [2.45, 2.75) is 0 Å². The molecule has 0 aromatic heterocycles. The van der Waals surface area contributed by atoms with Crippen molar-refractivity contribution >= 4 is 52.2 Å². The summed E-state index contributed by atoms with van der Waals surface area (Å²) in [6.07, 6.45) is 0. The Bertz CT molecular complexity index is 1210. The van der Waals surface area contributed by atoms with Crippen molar-refractivity contribution < 1.29 is 24.0 Å². The Morgan fingerprint density at radius 1 is 0.906 bits per heavy atom. The minimum absolute atomic E-state index is 0.0333. The molecule has 0 unspecified atom stereocenters. The molecule has 0 fully saturated rings. The summed E-state index contributed by atoms with van der Waals surface area (Å²) in [5, 5.41) is 14.0. The van der Waals surface area contributed by atoms with Crippen LogP contribution in [-0.4, -0.2) is 29.2 Å². The Balaban J connectivity index is 1.72. The number of carbonyl (C=O) groups is 3. The predicted molar refractivity (Wildman–Crippen MR) is 118 cm³/mol. The maximum absolute atomic E-state index is 12.8. The maximum atomic E-state index is 12.8. The number of nitro groups is 1. The van der Waals surface area contributed by atoms with Crippen molar-refractivity contribution in [1.29, 1.82) is 0 Å². The first-order chi connectivity index (χ1) is 15.3. The number of ketones is 1. The second kappa shape index (κ2) is 10.0. The normalized spacial score (nSPS) is 10.3. The molecule has 3 aromatic carbocycles. The lowest BCUT2D eigenvalue weighted by Gasteiger charge is -2.10. The van der Waals surface area contributed by atoms with Gasteiger partial charge < -0.3 is 10.1 Å². The van der Waals surface area contributed by atoms with Crippen molar-refractivity contribution in [3.8, 4) is 0 Å². The Morgan fingerprint density at radius 3 is 2.19 bits per heavy atom. The third kappa shape index (κ3) is 5.48. The molecule has 8 nitrogen and oxygen atoms in total. The van der Waals surface area contributed by atoms with Gasteiger partial charge in [-0.05, 0) is 42.5 Å². The van der Waals surface area contributed by atoms with Crippen molar-refractivity contribution in [1.82, 2.24) is 0 Å². The number of amides is 1. The number of hydrogen-bond acceptors (Lipinski definition) is 6. The van der Waals surface area contributed by atoms with Crippen LogP contribution in [0.3, 0.4) is 0 Å². The van der Waals surface area contributed by atoms with Gasteiger partial charge in [0, 0.05) is 27.2 Å². The van der Waals surface area contributed by atoms with Crippen LogP contribution >= 0.6 is 23.2 Å². The van der Waals surface area contributed by atoms with E-state index in [2.05, 4.69) is 5.32 Å². The number of rotatable bonds is 7. The number of ether oxygens (including phenoxy) is 1. The average Bonchev–Trinajstić information content (AvgIpc) is 2.77. The molecule has 10 heteroatoms. The van der Waals surface area contributed by atoms with Crippen LogP contribution in [0.1, 0.15) is 26.3 Å². The van der Waals surface area contributed by atoms with Crippen LogP contribution < -0.4 is 5.32 Å². The van der Waals surface area contributed by atoms with Crippen LogP contribution in [-0.2, 0) is 9.53 Å². The summed E-state index contributed by atoms with van der Waals surface area (Å²) in [6, 6.07) is 15.8. The fourth-order valence-electron chi connectivity index (χ4n) is 2.78. The maximum Gasteiger partial charge on any atom is 0.339 e. The van der Waals surface area contributed by atoms with E-state index in [1.165, 1.54) is 36.4 Å². The van der Waals surface area contributed by atoms with Gasteiger partial charge in [-0.3, -0.25) is 19.7 Å². The summed E-state index contributed by atoms with van der Waals surface area (Å²) < 4.78 is 5.01. The second-order valence-corrected chi connectivity index (χ2v) is 7.30. The molecule has 1 amide bonds. The van der Waals surface area contributed by atoms with E-state index in [0.717, 1.165) is 6.07 Å². The third-order valence-electron chi connectivity index (χ3n) is 4.26. The van der Waals surface area contributed by atoms with Crippen LogP contribution in [0, 0.1) is 10.1 Å². The quantitative estimate of drug-likeness (QED) is 0.225. The molecule has 3 rings (SSSR count). The number of esters is 1. The number of nitrogens with zero attached hydrogens (tertiary/aromatic N) is 1. The van der Waals surface area contributed by atoms with E-state index in [0.29, 0.717) is 10.6 Å². The summed E-state index contributed by atoms with van der Waals surface area (Å²) in [7, 11) is 0. The number of anilines is 1. The van der Waals surface area contributed by atoms with E-state index in [1.54, 1.807) is 24.3 Å². The molecule has 0 saturated heterocycles. The molecule has 0 atom stereocenters. The lowest BCUT2D eigenvalue weighted by atomic mass is 9.98. The molecule has 162 valence electrons. The van der Waals surface area contributed by atoms with Gasteiger partial charge in [0.1, 0.15) is 5.69 Å². The van der Waals surface area contributed by atoms with Gasteiger partial charge in [-0.15, -0.1) is 0 Å². The van der Waals surface area contributed by atoms with Crippen LogP contribution in [0.4, 0.5) is 11.4 Å². The predicted octanol–water partition coefficient (Wildman–Crippen LogP) is 4.93. The van der Waals surface area contributed by atoms with Crippen molar-refractivity contribution in [3.63, 3.8) is 0 Å². The average molecular weight is 473 g/mol. The number of nitrogens with one attached hydrogen (secondary N) is 1. The molecule has 32 heavy (non-hydrogen) atoms. The fourth-order valence-corrected chi connectivity index (χ4v) is 3.08. The second-order valence-electron chi connectivity index (χ2n) is 6.42. The largest absolute Gasteiger partial charge is 0.452 e. The first-order valence-electron chi connectivity index (χ1n) is 9.06. The zero-order valence-corrected chi connectivity index (χ0v) is 17.7. The van der Waals surface area contributed by atoms with Crippen LogP contribution in [0.25, 0.3) is 0 Å². The van der Waals surface area contributed by atoms with E-state index in [4.69, 9.17) is 27.9 Å². The molecule has 1 N–H and O–H groups in total. The number of carbonyl (C=O) groups excluding carboxylic acids is 3. The van der Waals surface area contributed by atoms with Gasteiger partial charge in [0.2, 0.25) is 0 Å². The van der Waals surface area contributed by atoms with Crippen molar-refractivity contribution in [2.24, 2.45) is 0 Å². The molecular weight excluding hydrogens is 459 g/mol. The summed E-state index contributed by atoms with van der Waals surface area (Å²) in [4.78, 5) is 47.9. The molecule has 0 heterocycles. The Morgan fingerprint density at radius 2 is 1.53 bits per heavy atom. The molecule has 0 aliphatic heterocycles. The number of nitro benzene ring substituents is 1. The highest BCUT2D eigenvalue weighted by atomic mass is 35.5. The molecule has 0 radical (unpaired) electrons. The standard InChI is InChI=1S/C22H14Cl2N2O6/c23-14-7-5-13(6-8-14)21(28)16-3-1-2-4-17(16)22(29)32-12-20(27)25-18-11-15(24)9-10-19(18)26(30)31/h1-11H,12H2,(H,25,27). The zero-order chi connectivity index (χ0) is 23.3. The molecule has 3 aromatic rings. The fraction of sp³-hybridized carbons (Fsp3) is 0.0455. The monoisotopic (exact) mass is 472 g/mol. The Labute approximate surface area is 191 Å². The van der Waals surface area contributed by atoms with Gasteiger partial charge in [0.25, 0.3) is 11.6 Å². The van der Waals surface area contributed by atoms with Gasteiger partial charge in [-0.1, -0.05) is 41.4 Å². The van der Waals surface area contributed by atoms with Gasteiger partial charge in [0.05, 0.1) is 10.5 Å². The summed E-state index contributed by atoms with van der Waals surface area (Å²) >= 11 is 11.7. The minimum Gasteiger partial charge on any atom is -0.452 e. The van der Waals surface area contributed by atoms with E-state index in [-0.39, 0.29) is 27.5 Å². The highest BCUT2D eigenvalue weighted by Gasteiger charge is 2.21. The summed E-state index contributed by atoms with van der Waals surface area (Å²) in [5.41, 5.74) is -0.129. The smallest absolute Gasteiger partial charge is 0.339 e. The molecule has 0 saturated carbocycles. The Kier molecular flexibility index (Phi) is 7.19. The van der Waals surface area contributed by atoms with E-state index in [9.17, 15) is 24.5 Å². The lowest BCUT2D eigenvalue weighted by Crippen LogP contribution is -2.22. The first-order valence-corrected chi connectivity index (χ1v) is 9.82. The Hall–Kier alpha value is -3.75. The number of hydrogen-bond donors (Lipinski definition) is 1. The topological polar surface area (TPSA) is 116 Å². The number of halogens is 2. The van der Waals surface area contributed by atoms with E-state index >= 15 is 0 Å². The van der Waals surface area contributed by atoms with E-state index in [1.807, 2.05) is 0 Å². The van der Waals surface area contributed by atoms with Crippen molar-refractivity contribution in [3.05, 3.63) is 104 Å². The zero-order valence-electron chi connectivity index (χ0n) is 16.2.